The van der Waals surface area contributed by atoms with Crippen molar-refractivity contribution in [1.29, 1.82) is 0 Å². The van der Waals surface area contributed by atoms with Crippen molar-refractivity contribution in [3.05, 3.63) is 0 Å². The quantitative estimate of drug-likeness (QED) is 0.486. The van der Waals surface area contributed by atoms with Gasteiger partial charge in [0.2, 0.25) is 5.91 Å². The highest BCUT2D eigenvalue weighted by molar-refractivity contribution is 7.48. The minimum absolute atomic E-state index is 0.202. The molecule has 0 aliphatic heterocycles. The summed E-state index contributed by atoms with van der Waals surface area (Å²) in [6.07, 6.45) is 0. The van der Waals surface area contributed by atoms with Gasteiger partial charge in [-0.05, 0) is 0 Å². The summed E-state index contributed by atoms with van der Waals surface area (Å²) in [5, 5.41) is 0. The van der Waals surface area contributed by atoms with Gasteiger partial charge in [-0.15, -0.1) is 0 Å². The van der Waals surface area contributed by atoms with Crippen molar-refractivity contribution in [3.63, 3.8) is 0 Å². The van der Waals surface area contributed by atoms with Crippen molar-refractivity contribution in [2.24, 2.45) is 5.73 Å². The molecule has 0 saturated carbocycles. The summed E-state index contributed by atoms with van der Waals surface area (Å²) in [6, 6.07) is 0. The maximum atomic E-state index is 11.7. The average molecular weight is 255 g/mol. The van der Waals surface area contributed by atoms with Crippen LogP contribution < -0.4 is 5.73 Å². The molecule has 16 heavy (non-hydrogen) atoms. The van der Waals surface area contributed by atoms with Crippen molar-refractivity contribution in [2.45, 2.75) is 0 Å². The van der Waals surface area contributed by atoms with Crippen molar-refractivity contribution in [1.82, 2.24) is 0 Å². The maximum Gasteiger partial charge on any atom is 0.475 e. The Morgan fingerprint density at radius 2 is 1.88 bits per heavy atom. The number of nitrogens with zero attached hydrogens (tertiary/aromatic N) is 1. The molecule has 0 radical (unpaired) electrons. The van der Waals surface area contributed by atoms with Gasteiger partial charge in [0.1, 0.15) is 19.8 Å². The molecule has 7 nitrogen and oxygen atoms in total. The van der Waals surface area contributed by atoms with Gasteiger partial charge in [-0.2, -0.15) is 0 Å². The molecular formula is C8H20N2O5P+. The van der Waals surface area contributed by atoms with E-state index in [0.29, 0.717) is 11.0 Å². The molecule has 0 fully saturated rings. The number of phosphoric acid groups is 1. The van der Waals surface area contributed by atoms with Crippen LogP contribution in [0, 0.1) is 0 Å². The Labute approximate surface area is 95.7 Å². The lowest BCUT2D eigenvalue weighted by Crippen LogP contribution is -2.37. The Morgan fingerprint density at radius 3 is 2.25 bits per heavy atom. The molecule has 1 amide bonds. The first-order chi connectivity index (χ1) is 7.18. The molecule has 0 unspecified atom stereocenters. The van der Waals surface area contributed by atoms with Crippen LogP contribution in [0.5, 0.6) is 0 Å². The summed E-state index contributed by atoms with van der Waals surface area (Å²) in [6.45, 7) is 0.343. The lowest BCUT2D eigenvalue weighted by molar-refractivity contribution is -0.870. The standard InChI is InChI=1S/C8H19N2O5P/c1-10(2,3)5-6-14-16(12,13-4)15-7-8(9)11/h5-7H2,1-4H3,(H-,9,11)/p+1/t16-/m1/s1. The third-order valence-electron chi connectivity index (χ3n) is 1.60. The van der Waals surface area contributed by atoms with Crippen LogP contribution in [-0.2, 0) is 22.9 Å². The summed E-state index contributed by atoms with van der Waals surface area (Å²) in [7, 11) is 3.43. The summed E-state index contributed by atoms with van der Waals surface area (Å²) in [5.74, 6) is -0.729. The van der Waals surface area contributed by atoms with Gasteiger partial charge in [0.25, 0.3) is 0 Å². The number of hydrogen-bond acceptors (Lipinski definition) is 5. The fourth-order valence-electron chi connectivity index (χ4n) is 0.712. The number of nitrogens with two attached hydrogens (primary N) is 1. The summed E-state index contributed by atoms with van der Waals surface area (Å²) in [5.41, 5.74) is 4.85. The molecule has 0 saturated heterocycles. The molecule has 0 aromatic heterocycles. The zero-order valence-corrected chi connectivity index (χ0v) is 11.0. The second-order valence-electron chi connectivity index (χ2n) is 4.22. The van der Waals surface area contributed by atoms with Crippen LogP contribution in [0.25, 0.3) is 0 Å². The molecule has 1 atom stereocenters. The number of quaternary nitrogens is 1. The monoisotopic (exact) mass is 255 g/mol. The van der Waals surface area contributed by atoms with E-state index in [2.05, 4.69) is 9.05 Å². The van der Waals surface area contributed by atoms with Crippen LogP contribution in [0.2, 0.25) is 0 Å². The van der Waals surface area contributed by atoms with Crippen molar-refractivity contribution >= 4 is 13.7 Å². The van der Waals surface area contributed by atoms with Gasteiger partial charge in [0.05, 0.1) is 21.1 Å². The van der Waals surface area contributed by atoms with E-state index in [1.165, 1.54) is 7.11 Å². The summed E-state index contributed by atoms with van der Waals surface area (Å²) in [4.78, 5) is 10.5. The molecule has 8 heteroatoms. The van der Waals surface area contributed by atoms with E-state index in [1.807, 2.05) is 21.1 Å². The van der Waals surface area contributed by atoms with Crippen LogP contribution in [0.15, 0.2) is 0 Å². The summed E-state index contributed by atoms with van der Waals surface area (Å²) < 4.78 is 26.6. The molecule has 2 N–H and O–H groups in total. The Kier molecular flexibility index (Phi) is 6.14. The van der Waals surface area contributed by atoms with E-state index in [4.69, 9.17) is 10.3 Å². The third-order valence-corrected chi connectivity index (χ3v) is 2.99. The predicted octanol–water partition coefficient (Wildman–Crippen LogP) is -0.0344. The van der Waals surface area contributed by atoms with Gasteiger partial charge < -0.3 is 10.2 Å². The second-order valence-corrected chi connectivity index (χ2v) is 5.99. The minimum atomic E-state index is -3.65. The molecule has 0 aromatic carbocycles. The van der Waals surface area contributed by atoms with Gasteiger partial charge in [0, 0.05) is 7.11 Å². The second kappa shape index (κ2) is 6.32. The first-order valence-electron chi connectivity index (χ1n) is 4.72. The van der Waals surface area contributed by atoms with Gasteiger partial charge >= 0.3 is 7.82 Å². The lowest BCUT2D eigenvalue weighted by atomic mass is 10.5. The van der Waals surface area contributed by atoms with Crippen LogP contribution in [0.3, 0.4) is 0 Å². The first-order valence-corrected chi connectivity index (χ1v) is 6.18. The fourth-order valence-corrected chi connectivity index (χ4v) is 1.59. The van der Waals surface area contributed by atoms with Gasteiger partial charge in [-0.25, -0.2) is 4.57 Å². The zero-order chi connectivity index (χ0) is 12.8. The van der Waals surface area contributed by atoms with Crippen LogP contribution in [0.4, 0.5) is 0 Å². The van der Waals surface area contributed by atoms with Crippen molar-refractivity contribution in [3.8, 4) is 0 Å². The van der Waals surface area contributed by atoms with E-state index >= 15 is 0 Å². The molecule has 0 aliphatic carbocycles. The number of carbonyl (C=O) groups is 1. The normalized spacial score (nSPS) is 15.8. The predicted molar refractivity (Wildman–Crippen MR) is 58.6 cm³/mol. The fraction of sp³-hybridized carbons (Fsp3) is 0.875. The van der Waals surface area contributed by atoms with Gasteiger partial charge in [-0.1, -0.05) is 0 Å². The largest absolute Gasteiger partial charge is 0.475 e. The Balaban J connectivity index is 4.07. The Hall–Kier alpha value is -0.460. The number of carbonyl (C=O) groups excluding carboxylic acids is 1. The maximum absolute atomic E-state index is 11.7. The number of likely N-dealkylation sites (N-methyl/N-ethyl adjacent to an activating group) is 1. The molecule has 0 bridgehead atoms. The van der Waals surface area contributed by atoms with Crippen LogP contribution >= 0.6 is 7.82 Å². The van der Waals surface area contributed by atoms with E-state index in [9.17, 15) is 9.36 Å². The SMILES string of the molecule is CO[P@](=O)(OCC[N+](C)(C)C)OCC(N)=O. The molecule has 0 aromatic rings. The number of amides is 1. The highest BCUT2D eigenvalue weighted by Gasteiger charge is 2.26. The molecule has 96 valence electrons. The average Bonchev–Trinajstić information content (AvgIpc) is 2.13. The molecule has 0 aliphatic rings. The van der Waals surface area contributed by atoms with Crippen LogP contribution in [0.1, 0.15) is 0 Å². The number of rotatable bonds is 8. The molecule has 0 heterocycles. The lowest BCUT2D eigenvalue weighted by Gasteiger charge is -2.24. The number of hydrogen-bond donors (Lipinski definition) is 1. The van der Waals surface area contributed by atoms with Crippen molar-refractivity contribution in [2.75, 3.05) is 48.0 Å². The Bertz CT molecular complexity index is 276. The highest BCUT2D eigenvalue weighted by Crippen LogP contribution is 2.48. The highest BCUT2D eigenvalue weighted by atomic mass is 31.2. The van der Waals surface area contributed by atoms with E-state index in [1.54, 1.807) is 0 Å². The topological polar surface area (TPSA) is 87.8 Å². The summed E-state index contributed by atoms with van der Waals surface area (Å²) >= 11 is 0. The van der Waals surface area contributed by atoms with Gasteiger partial charge in [-0.3, -0.25) is 18.4 Å². The molecule has 0 spiro atoms. The van der Waals surface area contributed by atoms with E-state index in [-0.39, 0.29) is 6.61 Å². The first kappa shape index (κ1) is 15.5. The minimum Gasteiger partial charge on any atom is -0.368 e. The van der Waals surface area contributed by atoms with Crippen molar-refractivity contribution < 1.29 is 27.4 Å². The zero-order valence-electron chi connectivity index (χ0n) is 10.1. The van der Waals surface area contributed by atoms with Gasteiger partial charge in [0.15, 0.2) is 0 Å². The van der Waals surface area contributed by atoms with Crippen LogP contribution in [-0.4, -0.2) is 58.4 Å². The van der Waals surface area contributed by atoms with E-state index < -0.39 is 20.3 Å². The number of phosphoric ester groups is 1. The smallest absolute Gasteiger partial charge is 0.368 e. The number of primary amides is 1. The molecule has 0 rings (SSSR count). The van der Waals surface area contributed by atoms with E-state index in [0.717, 1.165) is 0 Å². The Morgan fingerprint density at radius 1 is 1.31 bits per heavy atom. The third kappa shape index (κ3) is 7.78. The molecular weight excluding hydrogens is 235 g/mol.